The minimum Gasteiger partial charge on any atom is -0.0686 e. The van der Waals surface area contributed by atoms with E-state index in [0.717, 1.165) is 0 Å². The molecule has 1 heteroatoms. The molecule has 19 heavy (non-hydrogen) atoms. The van der Waals surface area contributed by atoms with Crippen molar-refractivity contribution >= 4 is 13.2 Å². The SMILES string of the molecule is CC1=C(C)P(c2ccccc2)C(c2ccccc2)C1. The van der Waals surface area contributed by atoms with Crippen molar-refractivity contribution in [2.45, 2.75) is 25.9 Å². The van der Waals surface area contributed by atoms with Crippen molar-refractivity contribution in [1.82, 2.24) is 0 Å². The molecular formula is C18H19P. The fraction of sp³-hybridized carbons (Fsp3) is 0.222. The third-order valence-electron chi connectivity index (χ3n) is 4.01. The summed E-state index contributed by atoms with van der Waals surface area (Å²) in [4.78, 5) is 0. The molecule has 0 radical (unpaired) electrons. The second-order valence-electron chi connectivity index (χ2n) is 5.20. The minimum absolute atomic E-state index is 0.201. The summed E-state index contributed by atoms with van der Waals surface area (Å²) < 4.78 is 0. The van der Waals surface area contributed by atoms with Crippen molar-refractivity contribution in [3.63, 3.8) is 0 Å². The van der Waals surface area contributed by atoms with Gasteiger partial charge in [0.1, 0.15) is 0 Å². The smallest absolute Gasteiger partial charge is 0.0156 e. The van der Waals surface area contributed by atoms with Crippen LogP contribution in [0.25, 0.3) is 0 Å². The third-order valence-corrected chi connectivity index (χ3v) is 7.07. The van der Waals surface area contributed by atoms with Gasteiger partial charge >= 0.3 is 0 Å². The molecule has 0 saturated heterocycles. The highest BCUT2D eigenvalue weighted by Crippen LogP contribution is 2.64. The first kappa shape index (κ1) is 12.6. The van der Waals surface area contributed by atoms with Crippen molar-refractivity contribution in [1.29, 1.82) is 0 Å². The summed E-state index contributed by atoms with van der Waals surface area (Å²) in [6.45, 7) is 4.63. The van der Waals surface area contributed by atoms with E-state index in [4.69, 9.17) is 0 Å². The molecule has 96 valence electrons. The van der Waals surface area contributed by atoms with Crippen LogP contribution in [0.15, 0.2) is 71.6 Å². The summed E-state index contributed by atoms with van der Waals surface area (Å²) in [6, 6.07) is 22.0. The van der Waals surface area contributed by atoms with Gasteiger partial charge in [0.05, 0.1) is 0 Å². The van der Waals surface area contributed by atoms with E-state index in [9.17, 15) is 0 Å². The molecular weight excluding hydrogens is 247 g/mol. The van der Waals surface area contributed by atoms with E-state index in [0.29, 0.717) is 5.66 Å². The van der Waals surface area contributed by atoms with Crippen LogP contribution in [-0.4, -0.2) is 0 Å². The molecule has 2 aromatic carbocycles. The number of rotatable bonds is 2. The topological polar surface area (TPSA) is 0 Å². The normalized spacial score (nSPS) is 22.8. The monoisotopic (exact) mass is 266 g/mol. The Balaban J connectivity index is 2.03. The predicted molar refractivity (Wildman–Crippen MR) is 85.2 cm³/mol. The molecule has 0 spiro atoms. The quantitative estimate of drug-likeness (QED) is 0.653. The Morgan fingerprint density at radius 2 is 1.42 bits per heavy atom. The lowest BCUT2D eigenvalue weighted by Gasteiger charge is -2.23. The van der Waals surface area contributed by atoms with Gasteiger partial charge in [-0.2, -0.15) is 0 Å². The van der Waals surface area contributed by atoms with Gasteiger partial charge in [-0.05, 0) is 44.4 Å². The van der Waals surface area contributed by atoms with E-state index in [1.807, 2.05) is 0 Å². The van der Waals surface area contributed by atoms with Gasteiger partial charge in [-0.15, -0.1) is 0 Å². The molecule has 1 aliphatic heterocycles. The van der Waals surface area contributed by atoms with Crippen LogP contribution in [0.1, 0.15) is 31.5 Å². The maximum atomic E-state index is 2.33. The lowest BCUT2D eigenvalue weighted by Crippen LogP contribution is -2.04. The number of allylic oxidation sites excluding steroid dienone is 2. The zero-order valence-electron chi connectivity index (χ0n) is 11.5. The molecule has 3 rings (SSSR count). The van der Waals surface area contributed by atoms with E-state index < -0.39 is 0 Å². The Morgan fingerprint density at radius 1 is 0.842 bits per heavy atom. The van der Waals surface area contributed by atoms with Gasteiger partial charge in [0.2, 0.25) is 0 Å². The zero-order chi connectivity index (χ0) is 13.2. The van der Waals surface area contributed by atoms with E-state index in [1.54, 1.807) is 10.9 Å². The van der Waals surface area contributed by atoms with Gasteiger partial charge in [-0.25, -0.2) is 0 Å². The molecule has 0 saturated carbocycles. The van der Waals surface area contributed by atoms with E-state index in [1.165, 1.54) is 17.3 Å². The Morgan fingerprint density at radius 3 is 2.05 bits per heavy atom. The van der Waals surface area contributed by atoms with Crippen molar-refractivity contribution < 1.29 is 0 Å². The van der Waals surface area contributed by atoms with Crippen LogP contribution in [0.3, 0.4) is 0 Å². The van der Waals surface area contributed by atoms with Gasteiger partial charge in [0, 0.05) is 5.66 Å². The summed E-state index contributed by atoms with van der Waals surface area (Å²) in [5, 5.41) is 3.13. The second-order valence-corrected chi connectivity index (χ2v) is 7.75. The molecule has 0 bridgehead atoms. The molecule has 0 fully saturated rings. The number of hydrogen-bond donors (Lipinski definition) is 0. The zero-order valence-corrected chi connectivity index (χ0v) is 12.4. The number of benzene rings is 2. The molecule has 0 aliphatic carbocycles. The largest absolute Gasteiger partial charge is 0.0686 e. The fourth-order valence-electron chi connectivity index (χ4n) is 2.87. The molecule has 0 N–H and O–H groups in total. The van der Waals surface area contributed by atoms with Crippen molar-refractivity contribution in [2.75, 3.05) is 0 Å². The Bertz CT molecular complexity index is 584. The molecule has 1 heterocycles. The highest BCUT2D eigenvalue weighted by Gasteiger charge is 2.32. The Labute approximate surface area is 116 Å². The van der Waals surface area contributed by atoms with Gasteiger partial charge in [-0.3, -0.25) is 0 Å². The average molecular weight is 266 g/mol. The van der Waals surface area contributed by atoms with Crippen molar-refractivity contribution in [2.24, 2.45) is 0 Å². The van der Waals surface area contributed by atoms with Crippen LogP contribution in [0, 0.1) is 0 Å². The van der Waals surface area contributed by atoms with Gasteiger partial charge in [-0.1, -0.05) is 66.2 Å². The Kier molecular flexibility index (Phi) is 3.53. The van der Waals surface area contributed by atoms with Crippen LogP contribution in [0.2, 0.25) is 0 Å². The van der Waals surface area contributed by atoms with Gasteiger partial charge in [0.25, 0.3) is 0 Å². The highest BCUT2D eigenvalue weighted by molar-refractivity contribution is 7.70. The van der Waals surface area contributed by atoms with Crippen LogP contribution in [-0.2, 0) is 0 Å². The molecule has 1 aliphatic rings. The second kappa shape index (κ2) is 5.31. The molecule has 0 aromatic heterocycles. The molecule has 2 aromatic rings. The molecule has 0 nitrogen and oxygen atoms in total. The van der Waals surface area contributed by atoms with Crippen LogP contribution < -0.4 is 5.30 Å². The van der Waals surface area contributed by atoms with Crippen LogP contribution in [0.5, 0.6) is 0 Å². The molecule has 2 unspecified atom stereocenters. The van der Waals surface area contributed by atoms with Gasteiger partial charge in [0.15, 0.2) is 0 Å². The van der Waals surface area contributed by atoms with E-state index in [-0.39, 0.29) is 7.92 Å². The highest BCUT2D eigenvalue weighted by atomic mass is 31.1. The Hall–Kier alpha value is -1.39. The molecule has 2 atom stereocenters. The first-order chi connectivity index (χ1) is 9.27. The fourth-order valence-corrected chi connectivity index (χ4v) is 6.01. The summed E-state index contributed by atoms with van der Waals surface area (Å²) in [5.74, 6) is 0. The number of hydrogen-bond acceptors (Lipinski definition) is 0. The van der Waals surface area contributed by atoms with E-state index >= 15 is 0 Å². The van der Waals surface area contributed by atoms with E-state index in [2.05, 4.69) is 74.5 Å². The van der Waals surface area contributed by atoms with Crippen LogP contribution >= 0.6 is 7.92 Å². The van der Waals surface area contributed by atoms with Crippen molar-refractivity contribution in [3.05, 3.63) is 77.1 Å². The minimum atomic E-state index is -0.201. The lowest BCUT2D eigenvalue weighted by atomic mass is 10.1. The summed E-state index contributed by atoms with van der Waals surface area (Å²) in [5.41, 5.74) is 3.75. The van der Waals surface area contributed by atoms with Crippen LogP contribution in [0.4, 0.5) is 0 Å². The van der Waals surface area contributed by atoms with Crippen molar-refractivity contribution in [3.8, 4) is 0 Å². The lowest BCUT2D eigenvalue weighted by molar-refractivity contribution is 0.928. The first-order valence-corrected chi connectivity index (χ1v) is 8.24. The summed E-state index contributed by atoms with van der Waals surface area (Å²) in [6.07, 6.45) is 1.22. The third kappa shape index (κ3) is 2.38. The predicted octanol–water partition coefficient (Wildman–Crippen LogP) is 5.23. The summed E-state index contributed by atoms with van der Waals surface area (Å²) in [7, 11) is -0.201. The maximum absolute atomic E-state index is 2.33. The standard InChI is InChI=1S/C18H19P/c1-14-13-18(16-9-5-3-6-10-16)19(15(14)2)17-11-7-4-8-12-17/h3-12,18H,13H2,1-2H3. The summed E-state index contributed by atoms with van der Waals surface area (Å²) >= 11 is 0. The average Bonchev–Trinajstić information content (AvgIpc) is 2.77. The maximum Gasteiger partial charge on any atom is 0.0156 e. The molecule has 0 amide bonds. The first-order valence-electron chi connectivity index (χ1n) is 6.83. The van der Waals surface area contributed by atoms with Gasteiger partial charge < -0.3 is 0 Å².